The van der Waals surface area contributed by atoms with Crippen LogP contribution in [-0.2, 0) is 16.0 Å². The summed E-state index contributed by atoms with van der Waals surface area (Å²) in [5.41, 5.74) is 12.4. The van der Waals surface area contributed by atoms with Gasteiger partial charge in [-0.05, 0) is 29.0 Å². The van der Waals surface area contributed by atoms with E-state index >= 15 is 0 Å². The van der Waals surface area contributed by atoms with Crippen LogP contribution in [0.3, 0.4) is 0 Å². The fourth-order valence-corrected chi connectivity index (χ4v) is 4.64. The predicted molar refractivity (Wildman–Crippen MR) is 129 cm³/mol. The second-order valence-electron chi connectivity index (χ2n) is 8.47. The molecule has 2 aliphatic rings. The Hall–Kier alpha value is -3.29. The molecule has 2 aromatic carbocycles. The number of nitrogens with zero attached hydrogens (tertiary/aromatic N) is 4. The van der Waals surface area contributed by atoms with E-state index in [1.807, 2.05) is 6.07 Å². The zero-order valence-corrected chi connectivity index (χ0v) is 18.7. The standard InChI is InChI=1S/C26H29N5O2/c27-26-28-18-23-24(29-26)16-20(17-25(23)30-33-15-12-31-10-13-32-14-11-31)22-9-5-4-8-21(22)19-6-2-1-3-7-19/h1-9,18,20H,10-17H2,(H2,27,28,29). The summed E-state index contributed by atoms with van der Waals surface area (Å²) in [4.78, 5) is 16.9. The lowest BCUT2D eigenvalue weighted by Gasteiger charge is -2.27. The molecule has 0 radical (unpaired) electrons. The van der Waals surface area contributed by atoms with Gasteiger partial charge in [0.25, 0.3) is 0 Å². The summed E-state index contributed by atoms with van der Waals surface area (Å²) < 4.78 is 5.41. The maximum atomic E-state index is 5.93. The van der Waals surface area contributed by atoms with Crippen LogP contribution in [0.4, 0.5) is 5.95 Å². The summed E-state index contributed by atoms with van der Waals surface area (Å²) in [7, 11) is 0. The van der Waals surface area contributed by atoms with E-state index in [1.165, 1.54) is 16.7 Å². The third-order valence-electron chi connectivity index (χ3n) is 6.34. The topological polar surface area (TPSA) is 85.9 Å². The molecule has 7 heteroatoms. The van der Waals surface area contributed by atoms with Crippen LogP contribution < -0.4 is 5.73 Å². The summed E-state index contributed by atoms with van der Waals surface area (Å²) in [5.74, 6) is 0.517. The first kappa shape index (κ1) is 21.6. The molecule has 0 bridgehead atoms. The smallest absolute Gasteiger partial charge is 0.220 e. The third kappa shape index (κ3) is 5.05. The van der Waals surface area contributed by atoms with E-state index in [1.54, 1.807) is 6.20 Å². The van der Waals surface area contributed by atoms with Crippen molar-refractivity contribution in [1.29, 1.82) is 0 Å². The van der Waals surface area contributed by atoms with Crippen molar-refractivity contribution in [1.82, 2.24) is 14.9 Å². The van der Waals surface area contributed by atoms with Gasteiger partial charge in [0.1, 0.15) is 6.61 Å². The van der Waals surface area contributed by atoms with Crippen LogP contribution in [0.1, 0.15) is 29.2 Å². The number of nitrogens with two attached hydrogens (primary N) is 1. The number of fused-ring (bicyclic) bond motifs is 1. The van der Waals surface area contributed by atoms with Crippen molar-refractivity contribution >= 4 is 11.7 Å². The number of hydrogen-bond donors (Lipinski definition) is 1. The SMILES string of the molecule is Nc1ncc2c(n1)CC(c1ccccc1-c1ccccc1)CC2=NOCCN1CCOCC1. The van der Waals surface area contributed by atoms with E-state index in [4.69, 9.17) is 15.3 Å². The molecule has 1 fully saturated rings. The number of ether oxygens (including phenoxy) is 1. The maximum Gasteiger partial charge on any atom is 0.220 e. The van der Waals surface area contributed by atoms with Gasteiger partial charge in [0.05, 0.1) is 24.6 Å². The molecule has 1 aliphatic heterocycles. The van der Waals surface area contributed by atoms with Crippen LogP contribution in [-0.4, -0.2) is 60.0 Å². The summed E-state index contributed by atoms with van der Waals surface area (Å²) in [6.07, 6.45) is 3.33. The highest BCUT2D eigenvalue weighted by molar-refractivity contribution is 6.02. The Morgan fingerprint density at radius 2 is 1.79 bits per heavy atom. The van der Waals surface area contributed by atoms with Crippen LogP contribution in [0, 0.1) is 0 Å². The molecule has 0 spiro atoms. The molecule has 0 saturated carbocycles. The van der Waals surface area contributed by atoms with Crippen molar-refractivity contribution in [2.24, 2.45) is 5.16 Å². The van der Waals surface area contributed by atoms with Crippen molar-refractivity contribution in [2.45, 2.75) is 18.8 Å². The lowest BCUT2D eigenvalue weighted by Crippen LogP contribution is -2.38. The van der Waals surface area contributed by atoms with Crippen LogP contribution in [0.2, 0.25) is 0 Å². The minimum absolute atomic E-state index is 0.227. The van der Waals surface area contributed by atoms with Gasteiger partial charge in [0.15, 0.2) is 0 Å². The van der Waals surface area contributed by atoms with Gasteiger partial charge < -0.3 is 15.3 Å². The van der Waals surface area contributed by atoms with Gasteiger partial charge in [-0.2, -0.15) is 0 Å². The fourth-order valence-electron chi connectivity index (χ4n) is 4.64. The Labute approximate surface area is 194 Å². The molecule has 2 heterocycles. The fraction of sp³-hybridized carbons (Fsp3) is 0.346. The third-order valence-corrected chi connectivity index (χ3v) is 6.34. The van der Waals surface area contributed by atoms with Gasteiger partial charge in [-0.1, -0.05) is 59.8 Å². The highest BCUT2D eigenvalue weighted by Crippen LogP contribution is 2.37. The molecule has 5 rings (SSSR count). The van der Waals surface area contributed by atoms with Gasteiger partial charge in [-0.15, -0.1) is 0 Å². The van der Waals surface area contributed by atoms with Crippen molar-refractivity contribution in [3.05, 3.63) is 77.6 Å². The molecule has 1 saturated heterocycles. The van der Waals surface area contributed by atoms with Gasteiger partial charge in [0, 0.05) is 37.8 Å². The molecule has 1 atom stereocenters. The van der Waals surface area contributed by atoms with Crippen molar-refractivity contribution < 1.29 is 9.57 Å². The highest BCUT2D eigenvalue weighted by Gasteiger charge is 2.29. The van der Waals surface area contributed by atoms with E-state index in [9.17, 15) is 0 Å². The zero-order valence-electron chi connectivity index (χ0n) is 18.7. The van der Waals surface area contributed by atoms with Crippen molar-refractivity contribution in [3.63, 3.8) is 0 Å². The van der Waals surface area contributed by atoms with Gasteiger partial charge in [-0.3, -0.25) is 4.90 Å². The molecule has 1 aliphatic carbocycles. The summed E-state index contributed by atoms with van der Waals surface area (Å²) >= 11 is 0. The lowest BCUT2D eigenvalue weighted by molar-refractivity contribution is 0.0211. The molecule has 2 N–H and O–H groups in total. The largest absolute Gasteiger partial charge is 0.394 e. The zero-order chi connectivity index (χ0) is 22.5. The minimum Gasteiger partial charge on any atom is -0.394 e. The number of morpholine rings is 1. The summed E-state index contributed by atoms with van der Waals surface area (Å²) in [6, 6.07) is 19.1. The molecular weight excluding hydrogens is 414 g/mol. The summed E-state index contributed by atoms with van der Waals surface area (Å²) in [6.45, 7) is 4.82. The quantitative estimate of drug-likeness (QED) is 0.464. The molecule has 3 aromatic rings. The Kier molecular flexibility index (Phi) is 6.60. The van der Waals surface area contributed by atoms with E-state index in [0.717, 1.165) is 62.7 Å². The average Bonchev–Trinajstić information content (AvgIpc) is 2.87. The van der Waals surface area contributed by atoms with Gasteiger partial charge in [-0.25, -0.2) is 9.97 Å². The van der Waals surface area contributed by atoms with E-state index < -0.39 is 0 Å². The number of nitrogen functional groups attached to an aromatic ring is 1. The van der Waals surface area contributed by atoms with Crippen molar-refractivity contribution in [3.8, 4) is 11.1 Å². The Morgan fingerprint density at radius 3 is 2.64 bits per heavy atom. The predicted octanol–water partition coefficient (Wildman–Crippen LogP) is 3.51. The number of aromatic nitrogens is 2. The molecule has 0 amide bonds. The first-order chi connectivity index (χ1) is 16.3. The van der Waals surface area contributed by atoms with Crippen LogP contribution in [0.25, 0.3) is 11.1 Å². The first-order valence-corrected chi connectivity index (χ1v) is 11.5. The number of rotatable bonds is 6. The van der Waals surface area contributed by atoms with Crippen LogP contribution in [0.5, 0.6) is 0 Å². The summed E-state index contributed by atoms with van der Waals surface area (Å²) in [5, 5.41) is 4.55. The molecule has 170 valence electrons. The lowest BCUT2D eigenvalue weighted by atomic mass is 9.79. The normalized spacial score (nSPS) is 19.9. The maximum absolute atomic E-state index is 5.93. The Morgan fingerprint density at radius 1 is 1.00 bits per heavy atom. The van der Waals surface area contributed by atoms with Crippen molar-refractivity contribution in [2.75, 3.05) is 45.2 Å². The van der Waals surface area contributed by atoms with Gasteiger partial charge in [0.2, 0.25) is 5.95 Å². The number of benzene rings is 2. The van der Waals surface area contributed by atoms with Crippen LogP contribution >= 0.6 is 0 Å². The first-order valence-electron chi connectivity index (χ1n) is 11.5. The molecule has 33 heavy (non-hydrogen) atoms. The molecular formula is C26H29N5O2. The number of anilines is 1. The van der Waals surface area contributed by atoms with E-state index in [2.05, 4.69) is 68.6 Å². The Bertz CT molecular complexity index is 1110. The molecule has 1 unspecified atom stereocenters. The second-order valence-corrected chi connectivity index (χ2v) is 8.47. The monoisotopic (exact) mass is 443 g/mol. The number of hydrogen-bond acceptors (Lipinski definition) is 7. The van der Waals surface area contributed by atoms with E-state index in [0.29, 0.717) is 12.6 Å². The second kappa shape index (κ2) is 10.1. The minimum atomic E-state index is 0.227. The highest BCUT2D eigenvalue weighted by atomic mass is 16.6. The Balaban J connectivity index is 1.39. The van der Waals surface area contributed by atoms with E-state index in [-0.39, 0.29) is 5.92 Å². The molecule has 7 nitrogen and oxygen atoms in total. The van der Waals surface area contributed by atoms with Gasteiger partial charge >= 0.3 is 0 Å². The average molecular weight is 444 g/mol. The van der Waals surface area contributed by atoms with Crippen LogP contribution in [0.15, 0.2) is 65.9 Å². The molecule has 1 aromatic heterocycles. The number of oxime groups is 1.